The van der Waals surface area contributed by atoms with Gasteiger partial charge in [-0.3, -0.25) is 4.72 Å². The maximum absolute atomic E-state index is 11.9. The lowest BCUT2D eigenvalue weighted by Crippen LogP contribution is -2.22. The standard InChI is InChI=1S/C11H15N3O4S/c12-11(13-15)7-18-10-4-2-1-3-9(10)14-19(16,17)8-5-6-8/h1-4,8,14-15H,5-7H2,(H2,12,13). The summed E-state index contributed by atoms with van der Waals surface area (Å²) in [7, 11) is -3.35. The maximum atomic E-state index is 11.9. The van der Waals surface area contributed by atoms with E-state index in [1.54, 1.807) is 24.3 Å². The zero-order valence-corrected chi connectivity index (χ0v) is 10.9. The third-order valence-corrected chi connectivity index (χ3v) is 4.46. The van der Waals surface area contributed by atoms with Crippen molar-refractivity contribution >= 4 is 21.5 Å². The Morgan fingerprint density at radius 1 is 1.47 bits per heavy atom. The summed E-state index contributed by atoms with van der Waals surface area (Å²) in [5.41, 5.74) is 5.64. The Balaban J connectivity index is 2.12. The number of hydrogen-bond donors (Lipinski definition) is 3. The predicted octanol–water partition coefficient (Wildman–Crippen LogP) is 0.716. The van der Waals surface area contributed by atoms with E-state index in [9.17, 15) is 8.42 Å². The minimum absolute atomic E-state index is 0.0974. The van der Waals surface area contributed by atoms with E-state index in [-0.39, 0.29) is 17.7 Å². The second kappa shape index (κ2) is 5.35. The van der Waals surface area contributed by atoms with E-state index in [0.29, 0.717) is 24.3 Å². The van der Waals surface area contributed by atoms with Crippen molar-refractivity contribution in [3.63, 3.8) is 0 Å². The summed E-state index contributed by atoms with van der Waals surface area (Å²) in [5, 5.41) is 10.9. The van der Waals surface area contributed by atoms with Crippen LogP contribution >= 0.6 is 0 Å². The molecule has 0 heterocycles. The summed E-state index contributed by atoms with van der Waals surface area (Å²) in [4.78, 5) is 0. The van der Waals surface area contributed by atoms with Gasteiger partial charge in [-0.1, -0.05) is 17.3 Å². The van der Waals surface area contributed by atoms with Crippen molar-refractivity contribution < 1.29 is 18.4 Å². The lowest BCUT2D eigenvalue weighted by Gasteiger charge is -2.12. The van der Waals surface area contributed by atoms with Crippen molar-refractivity contribution in [3.8, 4) is 5.75 Å². The maximum Gasteiger partial charge on any atom is 0.235 e. The van der Waals surface area contributed by atoms with Gasteiger partial charge in [-0.15, -0.1) is 0 Å². The summed E-state index contributed by atoms with van der Waals surface area (Å²) in [6, 6.07) is 6.61. The number of sulfonamides is 1. The first-order chi connectivity index (χ1) is 9.03. The van der Waals surface area contributed by atoms with Gasteiger partial charge in [0.25, 0.3) is 0 Å². The van der Waals surface area contributed by atoms with E-state index in [4.69, 9.17) is 15.7 Å². The Bertz CT molecular complexity index is 581. The molecule has 8 heteroatoms. The van der Waals surface area contributed by atoms with Gasteiger partial charge in [-0.2, -0.15) is 0 Å². The fourth-order valence-electron chi connectivity index (χ4n) is 1.47. The van der Waals surface area contributed by atoms with Crippen LogP contribution < -0.4 is 15.2 Å². The highest BCUT2D eigenvalue weighted by Crippen LogP contribution is 2.32. The molecule has 1 aromatic carbocycles. The van der Waals surface area contributed by atoms with Crippen LogP contribution in [0.2, 0.25) is 0 Å². The van der Waals surface area contributed by atoms with Crippen LogP contribution in [0.1, 0.15) is 12.8 Å². The Morgan fingerprint density at radius 2 is 2.16 bits per heavy atom. The van der Waals surface area contributed by atoms with Crippen molar-refractivity contribution in [2.75, 3.05) is 11.3 Å². The van der Waals surface area contributed by atoms with Crippen molar-refractivity contribution in [3.05, 3.63) is 24.3 Å². The molecule has 0 aromatic heterocycles. The summed E-state index contributed by atoms with van der Waals surface area (Å²) in [6.07, 6.45) is 1.37. The van der Waals surface area contributed by atoms with Gasteiger partial charge in [0.1, 0.15) is 12.4 Å². The van der Waals surface area contributed by atoms with Gasteiger partial charge in [0, 0.05) is 0 Å². The highest BCUT2D eigenvalue weighted by molar-refractivity contribution is 7.93. The third-order valence-electron chi connectivity index (χ3n) is 2.61. The topological polar surface area (TPSA) is 114 Å². The van der Waals surface area contributed by atoms with Gasteiger partial charge in [0.05, 0.1) is 10.9 Å². The molecule has 7 nitrogen and oxygen atoms in total. The molecule has 1 aliphatic rings. The molecule has 0 bridgehead atoms. The number of ether oxygens (including phenoxy) is 1. The molecule has 104 valence electrons. The van der Waals surface area contributed by atoms with Crippen LogP contribution in [0.25, 0.3) is 0 Å². The summed E-state index contributed by atoms with van der Waals surface area (Å²) in [6.45, 7) is -0.126. The summed E-state index contributed by atoms with van der Waals surface area (Å²) < 4.78 is 31.5. The zero-order chi connectivity index (χ0) is 13.9. The van der Waals surface area contributed by atoms with Crippen LogP contribution in [-0.2, 0) is 10.0 Å². The molecular formula is C11H15N3O4S. The molecule has 2 rings (SSSR count). The molecule has 0 aliphatic heterocycles. The van der Waals surface area contributed by atoms with Crippen LogP contribution in [0, 0.1) is 0 Å². The number of benzene rings is 1. The minimum atomic E-state index is -3.35. The summed E-state index contributed by atoms with van der Waals surface area (Å²) >= 11 is 0. The van der Waals surface area contributed by atoms with E-state index in [1.165, 1.54) is 0 Å². The lowest BCUT2D eigenvalue weighted by molar-refractivity contribution is 0.306. The molecule has 1 aliphatic carbocycles. The zero-order valence-electron chi connectivity index (χ0n) is 10.1. The first kappa shape index (κ1) is 13.5. The highest BCUT2D eigenvalue weighted by Gasteiger charge is 2.36. The average molecular weight is 285 g/mol. The van der Waals surface area contributed by atoms with Gasteiger partial charge in [0.15, 0.2) is 5.84 Å². The molecule has 1 fully saturated rings. The number of anilines is 1. The molecule has 0 amide bonds. The van der Waals surface area contributed by atoms with Crippen LogP contribution in [0.5, 0.6) is 5.75 Å². The predicted molar refractivity (Wildman–Crippen MR) is 70.9 cm³/mol. The molecule has 1 aromatic rings. The van der Waals surface area contributed by atoms with Gasteiger partial charge in [0.2, 0.25) is 10.0 Å². The van der Waals surface area contributed by atoms with Gasteiger partial charge >= 0.3 is 0 Å². The number of hydrogen-bond acceptors (Lipinski definition) is 5. The Morgan fingerprint density at radius 3 is 2.79 bits per heavy atom. The minimum Gasteiger partial charge on any atom is -0.483 e. The number of nitrogens with zero attached hydrogens (tertiary/aromatic N) is 1. The molecule has 0 spiro atoms. The Labute approximate surface area is 111 Å². The monoisotopic (exact) mass is 285 g/mol. The Kier molecular flexibility index (Phi) is 3.79. The van der Waals surface area contributed by atoms with Crippen LogP contribution in [-0.4, -0.2) is 31.3 Å². The first-order valence-corrected chi connectivity index (χ1v) is 7.27. The van der Waals surface area contributed by atoms with E-state index >= 15 is 0 Å². The molecule has 19 heavy (non-hydrogen) atoms. The second-order valence-corrected chi connectivity index (χ2v) is 6.18. The normalized spacial score (nSPS) is 16.1. The first-order valence-electron chi connectivity index (χ1n) is 5.73. The van der Waals surface area contributed by atoms with E-state index < -0.39 is 10.0 Å². The van der Waals surface area contributed by atoms with Crippen LogP contribution in [0.4, 0.5) is 5.69 Å². The molecule has 4 N–H and O–H groups in total. The molecule has 0 atom stereocenters. The van der Waals surface area contributed by atoms with E-state index in [1.807, 2.05) is 0 Å². The molecule has 0 unspecified atom stereocenters. The number of nitrogens with one attached hydrogen (secondary N) is 1. The molecule has 0 radical (unpaired) electrons. The van der Waals surface area contributed by atoms with Gasteiger partial charge < -0.3 is 15.7 Å². The molecule has 1 saturated carbocycles. The van der Waals surface area contributed by atoms with Gasteiger partial charge in [-0.05, 0) is 25.0 Å². The van der Waals surface area contributed by atoms with Crippen molar-refractivity contribution in [1.29, 1.82) is 0 Å². The lowest BCUT2D eigenvalue weighted by atomic mass is 10.3. The quantitative estimate of drug-likeness (QED) is 0.308. The SMILES string of the molecule is NC(COc1ccccc1NS(=O)(=O)C1CC1)=NO. The highest BCUT2D eigenvalue weighted by atomic mass is 32.2. The van der Waals surface area contributed by atoms with Crippen molar-refractivity contribution in [1.82, 2.24) is 0 Å². The number of nitrogens with two attached hydrogens (primary N) is 1. The molecule has 0 saturated heterocycles. The number of amidine groups is 1. The average Bonchev–Trinajstić information content (AvgIpc) is 3.21. The van der Waals surface area contributed by atoms with Gasteiger partial charge in [-0.25, -0.2) is 8.42 Å². The van der Waals surface area contributed by atoms with Crippen molar-refractivity contribution in [2.24, 2.45) is 10.9 Å². The number of para-hydroxylation sites is 2. The number of oxime groups is 1. The summed E-state index contributed by atoms with van der Waals surface area (Å²) in [5.74, 6) is 0.234. The van der Waals surface area contributed by atoms with E-state index in [2.05, 4.69) is 9.88 Å². The van der Waals surface area contributed by atoms with Crippen LogP contribution in [0.15, 0.2) is 29.4 Å². The Hall–Kier alpha value is -1.96. The largest absolute Gasteiger partial charge is 0.483 e. The fourth-order valence-corrected chi connectivity index (χ4v) is 2.87. The van der Waals surface area contributed by atoms with Crippen molar-refractivity contribution in [2.45, 2.75) is 18.1 Å². The third kappa shape index (κ3) is 3.50. The van der Waals surface area contributed by atoms with E-state index in [0.717, 1.165) is 0 Å². The smallest absolute Gasteiger partial charge is 0.235 e. The fraction of sp³-hybridized carbons (Fsp3) is 0.364. The second-order valence-electron chi connectivity index (χ2n) is 4.22. The van der Waals surface area contributed by atoms with Crippen LogP contribution in [0.3, 0.4) is 0 Å². The number of rotatable bonds is 6. The molecular weight excluding hydrogens is 270 g/mol.